The summed E-state index contributed by atoms with van der Waals surface area (Å²) in [6.45, 7) is 0.845. The number of H-pyrrole nitrogens is 1. The number of aromatic amines is 1. The highest BCUT2D eigenvalue weighted by atomic mass is 16.1. The monoisotopic (exact) mass is 269 g/mol. The quantitative estimate of drug-likeness (QED) is 0.728. The Kier molecular flexibility index (Phi) is 3.45. The molecule has 0 saturated heterocycles. The third-order valence-corrected chi connectivity index (χ3v) is 3.08. The van der Waals surface area contributed by atoms with Crippen LogP contribution in [-0.2, 0) is 17.8 Å². The molecule has 0 aliphatic heterocycles. The van der Waals surface area contributed by atoms with Crippen LogP contribution in [0.4, 0.5) is 0 Å². The van der Waals surface area contributed by atoms with Crippen molar-refractivity contribution in [3.05, 3.63) is 48.8 Å². The third-order valence-electron chi connectivity index (χ3n) is 3.08. The van der Waals surface area contributed by atoms with Gasteiger partial charge >= 0.3 is 0 Å². The van der Waals surface area contributed by atoms with Gasteiger partial charge in [0.2, 0.25) is 5.91 Å². The minimum atomic E-state index is -0.0280. The van der Waals surface area contributed by atoms with Crippen molar-refractivity contribution in [3.8, 4) is 0 Å². The maximum atomic E-state index is 11.9. The van der Waals surface area contributed by atoms with Gasteiger partial charge in [-0.25, -0.2) is 9.97 Å². The first-order valence-electron chi connectivity index (χ1n) is 6.48. The van der Waals surface area contributed by atoms with E-state index in [1.54, 1.807) is 18.7 Å². The van der Waals surface area contributed by atoms with Gasteiger partial charge in [0, 0.05) is 25.4 Å². The lowest BCUT2D eigenvalue weighted by Crippen LogP contribution is -2.29. The number of fused-ring (bicyclic) bond motifs is 1. The number of hydrogen-bond acceptors (Lipinski definition) is 3. The minimum Gasteiger partial charge on any atom is -0.354 e. The summed E-state index contributed by atoms with van der Waals surface area (Å²) in [6.07, 6.45) is 5.86. The van der Waals surface area contributed by atoms with Gasteiger partial charge in [0.1, 0.15) is 12.4 Å². The van der Waals surface area contributed by atoms with Gasteiger partial charge in [0.15, 0.2) is 0 Å². The van der Waals surface area contributed by atoms with Gasteiger partial charge in [-0.05, 0) is 12.1 Å². The fraction of sp³-hybridized carbons (Fsp3) is 0.214. The van der Waals surface area contributed by atoms with Crippen LogP contribution in [0.3, 0.4) is 0 Å². The van der Waals surface area contributed by atoms with Crippen molar-refractivity contribution in [2.45, 2.75) is 13.0 Å². The van der Waals surface area contributed by atoms with Gasteiger partial charge in [-0.3, -0.25) is 4.79 Å². The van der Waals surface area contributed by atoms with E-state index in [4.69, 9.17) is 0 Å². The van der Waals surface area contributed by atoms with Crippen LogP contribution in [0.25, 0.3) is 11.0 Å². The molecule has 3 aromatic rings. The van der Waals surface area contributed by atoms with Crippen molar-refractivity contribution >= 4 is 16.9 Å². The maximum Gasteiger partial charge on any atom is 0.240 e. The molecule has 1 amide bonds. The van der Waals surface area contributed by atoms with Gasteiger partial charge < -0.3 is 14.9 Å². The van der Waals surface area contributed by atoms with Crippen molar-refractivity contribution in [3.63, 3.8) is 0 Å². The smallest absolute Gasteiger partial charge is 0.240 e. The molecule has 6 heteroatoms. The van der Waals surface area contributed by atoms with Crippen LogP contribution < -0.4 is 5.32 Å². The minimum absolute atomic E-state index is 0.0280. The van der Waals surface area contributed by atoms with Crippen LogP contribution in [0, 0.1) is 0 Å². The van der Waals surface area contributed by atoms with E-state index in [1.165, 1.54) is 0 Å². The second-order valence-electron chi connectivity index (χ2n) is 4.50. The lowest BCUT2D eigenvalue weighted by atomic mass is 10.3. The largest absolute Gasteiger partial charge is 0.354 e. The normalized spacial score (nSPS) is 10.8. The molecule has 0 unspecified atom stereocenters. The topological polar surface area (TPSA) is 75.6 Å². The molecule has 2 N–H and O–H groups in total. The highest BCUT2D eigenvalue weighted by molar-refractivity contribution is 5.80. The molecule has 3 rings (SSSR count). The molecule has 20 heavy (non-hydrogen) atoms. The molecule has 6 nitrogen and oxygen atoms in total. The molecular formula is C14H15N5O. The van der Waals surface area contributed by atoms with Gasteiger partial charge in [0.05, 0.1) is 17.4 Å². The number of nitrogens with zero attached hydrogens (tertiary/aromatic N) is 3. The zero-order chi connectivity index (χ0) is 13.8. The van der Waals surface area contributed by atoms with E-state index in [0.717, 1.165) is 16.9 Å². The Balaban J connectivity index is 1.56. The summed E-state index contributed by atoms with van der Waals surface area (Å²) in [7, 11) is 0. The number of carbonyl (C=O) groups excluding carboxylic acids is 1. The lowest BCUT2D eigenvalue weighted by molar-refractivity contribution is -0.121. The number of rotatable bonds is 5. The van der Waals surface area contributed by atoms with Crippen molar-refractivity contribution in [1.29, 1.82) is 0 Å². The highest BCUT2D eigenvalue weighted by Crippen LogP contribution is 2.11. The van der Waals surface area contributed by atoms with Crippen molar-refractivity contribution in [1.82, 2.24) is 24.8 Å². The summed E-state index contributed by atoms with van der Waals surface area (Å²) < 4.78 is 1.84. The Morgan fingerprint density at radius 2 is 2.20 bits per heavy atom. The number of carbonyl (C=O) groups is 1. The SMILES string of the molecule is O=C(Cn1cnc2ccccc21)NCCc1ncc[nH]1. The van der Waals surface area contributed by atoms with E-state index in [1.807, 2.05) is 28.8 Å². The van der Waals surface area contributed by atoms with Crippen LogP contribution in [0.2, 0.25) is 0 Å². The average Bonchev–Trinajstić information content (AvgIpc) is 3.09. The Bertz CT molecular complexity index is 701. The summed E-state index contributed by atoms with van der Waals surface area (Å²) in [5.74, 6) is 0.845. The first-order valence-corrected chi connectivity index (χ1v) is 6.48. The molecule has 0 radical (unpaired) electrons. The molecule has 0 bridgehead atoms. The number of nitrogens with one attached hydrogen (secondary N) is 2. The number of para-hydroxylation sites is 2. The highest BCUT2D eigenvalue weighted by Gasteiger charge is 2.06. The summed E-state index contributed by atoms with van der Waals surface area (Å²) >= 11 is 0. The van der Waals surface area contributed by atoms with Gasteiger partial charge in [0.25, 0.3) is 0 Å². The average molecular weight is 269 g/mol. The van der Waals surface area contributed by atoms with Gasteiger partial charge in [-0.15, -0.1) is 0 Å². The Labute approximate surface area is 115 Å². The van der Waals surface area contributed by atoms with Gasteiger partial charge in [-0.1, -0.05) is 12.1 Å². The van der Waals surface area contributed by atoms with Crippen LogP contribution in [-0.4, -0.2) is 32.0 Å². The Morgan fingerprint density at radius 1 is 1.30 bits per heavy atom. The van der Waals surface area contributed by atoms with Gasteiger partial charge in [-0.2, -0.15) is 0 Å². The van der Waals surface area contributed by atoms with Crippen LogP contribution in [0.15, 0.2) is 43.0 Å². The zero-order valence-electron chi connectivity index (χ0n) is 10.9. The number of aromatic nitrogens is 4. The molecular weight excluding hydrogens is 254 g/mol. The summed E-state index contributed by atoms with van der Waals surface area (Å²) in [5, 5.41) is 2.88. The van der Waals surface area contributed by atoms with E-state index in [9.17, 15) is 4.79 Å². The Hall–Kier alpha value is -2.63. The van der Waals surface area contributed by atoms with Crippen molar-refractivity contribution < 1.29 is 4.79 Å². The van der Waals surface area contributed by atoms with Crippen LogP contribution in [0.5, 0.6) is 0 Å². The van der Waals surface area contributed by atoms with E-state index >= 15 is 0 Å². The molecule has 0 spiro atoms. The number of imidazole rings is 2. The van der Waals surface area contributed by atoms with Crippen LogP contribution in [0.1, 0.15) is 5.82 Å². The molecule has 0 aliphatic carbocycles. The summed E-state index contributed by atoms with van der Waals surface area (Å²) in [4.78, 5) is 23.3. The van der Waals surface area contributed by atoms with Crippen LogP contribution >= 0.6 is 0 Å². The molecule has 0 saturated carbocycles. The molecule has 0 atom stereocenters. The second kappa shape index (κ2) is 5.56. The van der Waals surface area contributed by atoms with E-state index in [2.05, 4.69) is 20.3 Å². The summed E-state index contributed by atoms with van der Waals surface area (Å²) in [6, 6.07) is 7.76. The molecule has 102 valence electrons. The molecule has 2 aromatic heterocycles. The summed E-state index contributed by atoms with van der Waals surface area (Å²) in [5.41, 5.74) is 1.87. The lowest BCUT2D eigenvalue weighted by Gasteiger charge is -2.05. The third kappa shape index (κ3) is 2.69. The first kappa shape index (κ1) is 12.4. The fourth-order valence-corrected chi connectivity index (χ4v) is 2.10. The second-order valence-corrected chi connectivity index (χ2v) is 4.50. The standard InChI is InChI=1S/C14H15N5O/c20-14(17-6-5-13-15-7-8-16-13)9-19-10-18-11-3-1-2-4-12(11)19/h1-4,7-8,10H,5-6,9H2,(H,15,16)(H,17,20). The molecule has 0 fully saturated rings. The molecule has 2 heterocycles. The Morgan fingerprint density at radius 3 is 3.05 bits per heavy atom. The van der Waals surface area contributed by atoms with E-state index in [0.29, 0.717) is 13.0 Å². The molecule has 0 aliphatic rings. The first-order chi connectivity index (χ1) is 9.83. The van der Waals surface area contributed by atoms with E-state index in [-0.39, 0.29) is 12.5 Å². The number of hydrogen-bond donors (Lipinski definition) is 2. The van der Waals surface area contributed by atoms with E-state index < -0.39 is 0 Å². The number of benzene rings is 1. The fourth-order valence-electron chi connectivity index (χ4n) is 2.10. The van der Waals surface area contributed by atoms with Crippen molar-refractivity contribution in [2.75, 3.05) is 6.54 Å². The zero-order valence-corrected chi connectivity index (χ0v) is 10.9. The van der Waals surface area contributed by atoms with Crippen molar-refractivity contribution in [2.24, 2.45) is 0 Å². The molecule has 1 aromatic carbocycles. The predicted molar refractivity (Wildman–Crippen MR) is 75.0 cm³/mol. The number of amides is 1. The predicted octanol–water partition coefficient (Wildman–Crippen LogP) is 1.12. The maximum absolute atomic E-state index is 11.9.